The molecule has 1 rings (SSSR count). The van der Waals surface area contributed by atoms with E-state index in [0.717, 1.165) is 12.0 Å². The highest BCUT2D eigenvalue weighted by atomic mass is 32.1. The predicted octanol–water partition coefficient (Wildman–Crippen LogP) is 3.89. The molecule has 1 amide bonds. The van der Waals surface area contributed by atoms with Gasteiger partial charge in [-0.05, 0) is 36.8 Å². The molecule has 0 fully saturated rings. The molecule has 0 saturated heterocycles. The highest BCUT2D eigenvalue weighted by molar-refractivity contribution is 7.96. The number of hydrogen-bond donors (Lipinski definition) is 4. The molecule has 142 valence electrons. The molecule has 0 atom stereocenters. The number of unbranched alkanes of at least 4 members (excludes halogenated alkanes) is 5. The van der Waals surface area contributed by atoms with Crippen LogP contribution in [0.2, 0.25) is 0 Å². The topological polar surface area (TPSA) is 69.6 Å². The second-order valence-corrected chi connectivity index (χ2v) is 7.27. The van der Waals surface area contributed by atoms with Gasteiger partial charge in [0.15, 0.2) is 0 Å². The van der Waals surface area contributed by atoms with Gasteiger partial charge in [0.25, 0.3) is 5.24 Å². The van der Waals surface area contributed by atoms with Crippen molar-refractivity contribution in [1.29, 1.82) is 0 Å². The maximum absolute atomic E-state index is 11.1. The summed E-state index contributed by atoms with van der Waals surface area (Å²) in [6, 6.07) is 8.49. The third-order valence-electron chi connectivity index (χ3n) is 4.71. The van der Waals surface area contributed by atoms with Crippen LogP contribution in [0.5, 0.6) is 0 Å². The number of thiol groups is 1. The molecule has 5 heteroatoms. The first kappa shape index (κ1) is 22.0. The Morgan fingerprint density at radius 2 is 1.48 bits per heavy atom. The Balaban J connectivity index is 2.41. The van der Waals surface area contributed by atoms with Gasteiger partial charge in [-0.25, -0.2) is 0 Å². The lowest BCUT2D eigenvalue weighted by Gasteiger charge is -2.30. The van der Waals surface area contributed by atoms with E-state index in [0.29, 0.717) is 12.8 Å². The van der Waals surface area contributed by atoms with Gasteiger partial charge in [0, 0.05) is 0 Å². The van der Waals surface area contributed by atoms with Crippen molar-refractivity contribution >= 4 is 17.9 Å². The number of carbonyl (C=O) groups excluding carboxylic acids is 1. The first-order valence-electron chi connectivity index (χ1n) is 9.36. The van der Waals surface area contributed by atoms with Crippen LogP contribution in [0.25, 0.3) is 0 Å². The maximum Gasteiger partial charge on any atom is 0.276 e. The summed E-state index contributed by atoms with van der Waals surface area (Å²) in [5, 5.41) is 21.0. The van der Waals surface area contributed by atoms with Gasteiger partial charge >= 0.3 is 0 Å². The largest absolute Gasteiger partial charge is 0.394 e. The van der Waals surface area contributed by atoms with Crippen molar-refractivity contribution in [2.45, 2.75) is 70.3 Å². The molecule has 0 heterocycles. The molecular weight excluding hydrogens is 334 g/mol. The van der Waals surface area contributed by atoms with Gasteiger partial charge in [0.2, 0.25) is 0 Å². The molecule has 0 aliphatic carbocycles. The van der Waals surface area contributed by atoms with E-state index in [4.69, 9.17) is 0 Å². The number of carbonyl (C=O) groups is 1. The van der Waals surface area contributed by atoms with Crippen molar-refractivity contribution in [3.63, 3.8) is 0 Å². The molecular formula is C20H33NO3S. The summed E-state index contributed by atoms with van der Waals surface area (Å²) in [6.45, 7) is 1.61. The van der Waals surface area contributed by atoms with Crippen molar-refractivity contribution in [2.75, 3.05) is 13.2 Å². The van der Waals surface area contributed by atoms with Crippen LogP contribution in [0.1, 0.15) is 63.0 Å². The third kappa shape index (κ3) is 8.75. The average Bonchev–Trinajstić information content (AvgIpc) is 2.62. The Bertz CT molecular complexity index is 486. The molecule has 0 unspecified atom stereocenters. The highest BCUT2D eigenvalue weighted by Crippen LogP contribution is 2.17. The first-order chi connectivity index (χ1) is 12.0. The van der Waals surface area contributed by atoms with E-state index >= 15 is 0 Å². The van der Waals surface area contributed by atoms with Gasteiger partial charge in [-0.15, -0.1) is 0 Å². The van der Waals surface area contributed by atoms with Crippen LogP contribution in [-0.4, -0.2) is 34.2 Å². The van der Waals surface area contributed by atoms with Crippen LogP contribution in [0.3, 0.4) is 0 Å². The summed E-state index contributed by atoms with van der Waals surface area (Å²) in [5.74, 6) is 0. The minimum atomic E-state index is -1.02. The van der Waals surface area contributed by atoms with Crippen molar-refractivity contribution in [1.82, 2.24) is 5.32 Å². The van der Waals surface area contributed by atoms with Gasteiger partial charge in [0.1, 0.15) is 0 Å². The van der Waals surface area contributed by atoms with Crippen LogP contribution in [0, 0.1) is 0 Å². The van der Waals surface area contributed by atoms with Gasteiger partial charge in [0.05, 0.1) is 18.8 Å². The van der Waals surface area contributed by atoms with Crippen molar-refractivity contribution < 1.29 is 15.0 Å². The molecule has 3 N–H and O–H groups in total. The molecule has 25 heavy (non-hydrogen) atoms. The summed E-state index contributed by atoms with van der Waals surface area (Å²) < 4.78 is 0. The number of aliphatic hydroxyl groups is 2. The van der Waals surface area contributed by atoms with E-state index in [1.165, 1.54) is 44.1 Å². The molecule has 0 spiro atoms. The Hall–Kier alpha value is -1.04. The average molecular weight is 368 g/mol. The lowest BCUT2D eigenvalue weighted by molar-refractivity contribution is 0.0939. The Morgan fingerprint density at radius 1 is 0.960 bits per heavy atom. The fourth-order valence-corrected chi connectivity index (χ4v) is 3.18. The fraction of sp³-hybridized carbons (Fsp3) is 0.650. The molecule has 1 aromatic rings. The molecule has 0 radical (unpaired) electrons. The molecule has 0 aliphatic rings. The van der Waals surface area contributed by atoms with Gasteiger partial charge in [-0.1, -0.05) is 75.9 Å². The molecule has 0 aliphatic heterocycles. The molecule has 0 saturated carbocycles. The molecule has 0 bridgehead atoms. The first-order valence-corrected chi connectivity index (χ1v) is 9.80. The number of aryl methyl sites for hydroxylation is 2. The zero-order valence-corrected chi connectivity index (χ0v) is 16.2. The van der Waals surface area contributed by atoms with E-state index in [-0.39, 0.29) is 13.2 Å². The van der Waals surface area contributed by atoms with Gasteiger partial charge in [-0.3, -0.25) is 4.79 Å². The van der Waals surface area contributed by atoms with E-state index in [1.807, 2.05) is 0 Å². The van der Waals surface area contributed by atoms with E-state index in [9.17, 15) is 15.0 Å². The smallest absolute Gasteiger partial charge is 0.276 e. The van der Waals surface area contributed by atoms with Crippen LogP contribution in [0.15, 0.2) is 24.3 Å². The number of nitrogens with one attached hydrogen (secondary N) is 1. The van der Waals surface area contributed by atoms with E-state index in [2.05, 4.69) is 49.1 Å². The van der Waals surface area contributed by atoms with Crippen molar-refractivity contribution in [3.05, 3.63) is 35.4 Å². The Kier molecular flexibility index (Phi) is 10.9. The zero-order chi connectivity index (χ0) is 18.5. The monoisotopic (exact) mass is 367 g/mol. The molecule has 4 nitrogen and oxygen atoms in total. The second-order valence-electron chi connectivity index (χ2n) is 6.86. The maximum atomic E-state index is 11.1. The Labute approximate surface area is 157 Å². The summed E-state index contributed by atoms with van der Waals surface area (Å²) >= 11 is 3.68. The summed E-state index contributed by atoms with van der Waals surface area (Å²) in [7, 11) is 0. The van der Waals surface area contributed by atoms with E-state index < -0.39 is 10.8 Å². The summed E-state index contributed by atoms with van der Waals surface area (Å²) in [5.41, 5.74) is 1.46. The minimum Gasteiger partial charge on any atom is -0.394 e. The predicted molar refractivity (Wildman–Crippen MR) is 106 cm³/mol. The third-order valence-corrected chi connectivity index (χ3v) is 4.82. The van der Waals surface area contributed by atoms with Crippen LogP contribution < -0.4 is 5.32 Å². The SMILES string of the molecule is CCCCCCCCc1ccc(CCC(CO)(CO)NC(=O)S)cc1. The highest BCUT2D eigenvalue weighted by Gasteiger charge is 2.29. The normalized spacial score (nSPS) is 11.5. The zero-order valence-electron chi connectivity index (χ0n) is 15.3. The van der Waals surface area contributed by atoms with Crippen LogP contribution >= 0.6 is 12.6 Å². The van der Waals surface area contributed by atoms with Crippen LogP contribution in [-0.2, 0) is 12.8 Å². The number of rotatable bonds is 13. The number of hydrogen-bond acceptors (Lipinski definition) is 3. The van der Waals surface area contributed by atoms with Crippen molar-refractivity contribution in [2.24, 2.45) is 0 Å². The van der Waals surface area contributed by atoms with Gasteiger partial charge in [-0.2, -0.15) is 0 Å². The number of aliphatic hydroxyl groups excluding tert-OH is 2. The second kappa shape index (κ2) is 12.3. The fourth-order valence-electron chi connectivity index (χ4n) is 2.94. The van der Waals surface area contributed by atoms with E-state index in [1.54, 1.807) is 0 Å². The quantitative estimate of drug-likeness (QED) is 0.316. The Morgan fingerprint density at radius 3 is 2.00 bits per heavy atom. The lowest BCUT2D eigenvalue weighted by atomic mass is 9.92. The molecule has 1 aromatic carbocycles. The summed E-state index contributed by atoms with van der Waals surface area (Å²) in [4.78, 5) is 11.1. The van der Waals surface area contributed by atoms with Gasteiger partial charge < -0.3 is 15.5 Å². The lowest BCUT2D eigenvalue weighted by Crippen LogP contribution is -2.53. The van der Waals surface area contributed by atoms with Crippen molar-refractivity contribution in [3.8, 4) is 0 Å². The molecule has 0 aromatic heterocycles. The van der Waals surface area contributed by atoms with Crippen LogP contribution in [0.4, 0.5) is 4.79 Å². The number of benzene rings is 1. The number of amides is 1. The summed E-state index contributed by atoms with van der Waals surface area (Å²) in [6.07, 6.45) is 10.1. The standard InChI is InChI=1S/C20H33NO3S/c1-2-3-4-5-6-7-8-17-9-11-18(12-10-17)13-14-20(15-22,16-23)21-19(24)25/h9-12,22-23H,2-8,13-16H2,1H3,(H2,21,24,25). The minimum absolute atomic E-state index is 0.314.